The van der Waals surface area contributed by atoms with Crippen molar-refractivity contribution in [2.75, 3.05) is 30.8 Å². The summed E-state index contributed by atoms with van der Waals surface area (Å²) < 4.78 is 39.5. The summed E-state index contributed by atoms with van der Waals surface area (Å²) in [6, 6.07) is 2.87. The summed E-state index contributed by atoms with van der Waals surface area (Å²) in [6.45, 7) is 1.55. The first-order valence-electron chi connectivity index (χ1n) is 6.33. The van der Waals surface area contributed by atoms with Gasteiger partial charge in [-0.2, -0.15) is 13.2 Å². The Morgan fingerprint density at radius 3 is 2.79 bits per heavy atom. The van der Waals surface area contributed by atoms with E-state index in [-0.39, 0.29) is 17.6 Å². The molecule has 0 aromatic heterocycles. The number of benzene rings is 1. The van der Waals surface area contributed by atoms with E-state index in [1.807, 2.05) is 0 Å². The van der Waals surface area contributed by atoms with Crippen LogP contribution in [0.15, 0.2) is 12.1 Å². The quantitative estimate of drug-likeness (QED) is 0.711. The molecule has 3 N–H and O–H groups in total. The molecule has 1 fully saturated rings. The third-order valence-electron chi connectivity index (χ3n) is 4.16. The molecule has 0 spiro atoms. The average Bonchev–Trinajstić information content (AvgIpc) is 2.62. The van der Waals surface area contributed by atoms with Gasteiger partial charge in [-0.1, -0.05) is 0 Å². The summed E-state index contributed by atoms with van der Waals surface area (Å²) in [5.74, 6) is 0.0957. The fraction of sp³-hybridized carbons (Fsp3) is 0.538. The minimum absolute atomic E-state index is 0.0957. The van der Waals surface area contributed by atoms with Crippen LogP contribution >= 0.6 is 0 Å². The summed E-state index contributed by atoms with van der Waals surface area (Å²) in [4.78, 5) is 1.78. The lowest BCUT2D eigenvalue weighted by Gasteiger charge is -2.31. The molecule has 0 saturated carbocycles. The second kappa shape index (κ2) is 4.03. The number of rotatable bonds is 0. The van der Waals surface area contributed by atoms with Crippen molar-refractivity contribution in [3.63, 3.8) is 0 Å². The molecule has 3 rings (SSSR count). The second-order valence-electron chi connectivity index (χ2n) is 5.28. The number of nitrogens with two attached hydrogens (primary N) is 1. The maximum absolute atomic E-state index is 13.2. The summed E-state index contributed by atoms with van der Waals surface area (Å²) >= 11 is 0. The number of hydrogen-bond acceptors (Lipinski definition) is 3. The molecule has 6 heteroatoms. The van der Waals surface area contributed by atoms with Gasteiger partial charge in [-0.3, -0.25) is 0 Å². The molecule has 0 bridgehead atoms. The normalized spacial score (nSPS) is 26.2. The number of piperidine rings is 1. The van der Waals surface area contributed by atoms with Gasteiger partial charge in [-0.05, 0) is 30.7 Å². The van der Waals surface area contributed by atoms with E-state index in [9.17, 15) is 13.2 Å². The average molecular weight is 271 g/mol. The van der Waals surface area contributed by atoms with Crippen molar-refractivity contribution < 1.29 is 13.2 Å². The highest BCUT2D eigenvalue weighted by Gasteiger charge is 2.44. The SMILES string of the molecule is CN1c2c(cc(N)cc2C(F)(F)F)[C@H]2CNCC[C@H]21. The molecule has 1 aromatic carbocycles. The van der Waals surface area contributed by atoms with Crippen LogP contribution in [0.1, 0.15) is 23.5 Å². The summed E-state index contributed by atoms with van der Waals surface area (Å²) in [5, 5.41) is 3.25. The Morgan fingerprint density at radius 1 is 1.37 bits per heavy atom. The molecule has 2 atom stereocenters. The van der Waals surface area contributed by atoms with Crippen LogP contribution in [0.4, 0.5) is 24.5 Å². The van der Waals surface area contributed by atoms with E-state index in [0.29, 0.717) is 12.2 Å². The minimum Gasteiger partial charge on any atom is -0.399 e. The molecule has 0 amide bonds. The Kier molecular flexibility index (Phi) is 2.67. The zero-order valence-electron chi connectivity index (χ0n) is 10.6. The van der Waals surface area contributed by atoms with Crippen LogP contribution in [0.5, 0.6) is 0 Å². The van der Waals surface area contributed by atoms with Crippen LogP contribution < -0.4 is 16.0 Å². The maximum Gasteiger partial charge on any atom is 0.418 e. The first kappa shape index (κ1) is 12.6. The van der Waals surface area contributed by atoms with Crippen molar-refractivity contribution in [3.05, 3.63) is 23.3 Å². The molecule has 19 heavy (non-hydrogen) atoms. The predicted octanol–water partition coefficient (Wildman–Crippen LogP) is 2.18. The molecule has 0 unspecified atom stereocenters. The predicted molar refractivity (Wildman–Crippen MR) is 68.3 cm³/mol. The van der Waals surface area contributed by atoms with E-state index in [2.05, 4.69) is 5.32 Å². The Bertz CT molecular complexity index is 513. The van der Waals surface area contributed by atoms with Gasteiger partial charge in [0.05, 0.1) is 11.3 Å². The van der Waals surface area contributed by atoms with Gasteiger partial charge in [0.1, 0.15) is 0 Å². The van der Waals surface area contributed by atoms with E-state index in [0.717, 1.165) is 24.6 Å². The van der Waals surface area contributed by atoms with Crippen LogP contribution in [0.25, 0.3) is 0 Å². The van der Waals surface area contributed by atoms with Gasteiger partial charge < -0.3 is 16.0 Å². The zero-order chi connectivity index (χ0) is 13.8. The Balaban J connectivity index is 2.18. The van der Waals surface area contributed by atoms with Crippen LogP contribution in [0, 0.1) is 0 Å². The zero-order valence-corrected chi connectivity index (χ0v) is 10.6. The molecule has 2 aliphatic heterocycles. The smallest absolute Gasteiger partial charge is 0.399 e. The fourth-order valence-corrected chi connectivity index (χ4v) is 3.36. The number of nitrogen functional groups attached to an aromatic ring is 1. The van der Waals surface area contributed by atoms with Gasteiger partial charge in [0, 0.05) is 31.2 Å². The number of fused-ring (bicyclic) bond motifs is 3. The van der Waals surface area contributed by atoms with E-state index in [1.54, 1.807) is 18.0 Å². The van der Waals surface area contributed by atoms with Crippen molar-refractivity contribution in [2.45, 2.75) is 24.6 Å². The van der Waals surface area contributed by atoms with Gasteiger partial charge in [-0.25, -0.2) is 0 Å². The van der Waals surface area contributed by atoms with Crippen molar-refractivity contribution >= 4 is 11.4 Å². The summed E-state index contributed by atoms with van der Waals surface area (Å²) in [5.41, 5.74) is 6.27. The molecule has 2 aliphatic rings. The minimum atomic E-state index is -4.37. The molecule has 0 aliphatic carbocycles. The highest BCUT2D eigenvalue weighted by atomic mass is 19.4. The lowest BCUT2D eigenvalue weighted by atomic mass is 9.89. The Labute approximate surface area is 109 Å². The topological polar surface area (TPSA) is 41.3 Å². The highest BCUT2D eigenvalue weighted by Crippen LogP contribution is 2.49. The van der Waals surface area contributed by atoms with Crippen molar-refractivity contribution in [3.8, 4) is 0 Å². The lowest BCUT2D eigenvalue weighted by Crippen LogP contribution is -2.42. The second-order valence-corrected chi connectivity index (χ2v) is 5.28. The van der Waals surface area contributed by atoms with Crippen molar-refractivity contribution in [2.24, 2.45) is 0 Å². The van der Waals surface area contributed by atoms with Crippen LogP contribution in [0.3, 0.4) is 0 Å². The van der Waals surface area contributed by atoms with Crippen LogP contribution in [-0.2, 0) is 6.18 Å². The Hall–Kier alpha value is -1.43. The van der Waals surface area contributed by atoms with Gasteiger partial charge in [0.2, 0.25) is 0 Å². The molecule has 1 aromatic rings. The van der Waals surface area contributed by atoms with Crippen molar-refractivity contribution in [1.29, 1.82) is 0 Å². The van der Waals surface area contributed by atoms with Gasteiger partial charge >= 0.3 is 6.18 Å². The van der Waals surface area contributed by atoms with E-state index in [4.69, 9.17) is 5.73 Å². The van der Waals surface area contributed by atoms with Gasteiger partial charge in [0.15, 0.2) is 0 Å². The Morgan fingerprint density at radius 2 is 2.11 bits per heavy atom. The molecule has 104 valence electrons. The molecule has 1 saturated heterocycles. The molecular formula is C13H16F3N3. The maximum atomic E-state index is 13.2. The largest absolute Gasteiger partial charge is 0.418 e. The molecule has 3 nitrogen and oxygen atoms in total. The molecule has 2 heterocycles. The first-order chi connectivity index (χ1) is 8.89. The number of anilines is 2. The lowest BCUT2D eigenvalue weighted by molar-refractivity contribution is -0.137. The summed E-state index contributed by atoms with van der Waals surface area (Å²) in [7, 11) is 1.75. The van der Waals surface area contributed by atoms with Gasteiger partial charge in [-0.15, -0.1) is 0 Å². The fourth-order valence-electron chi connectivity index (χ4n) is 3.36. The standard InChI is InChI=1S/C13H16F3N3/c1-19-11-2-3-18-6-9(11)8-4-7(17)5-10(12(8)19)13(14,15)16/h4-5,9,11,18H,2-3,6,17H2,1H3/t9-,11-/m1/s1. The van der Waals surface area contributed by atoms with Gasteiger partial charge in [0.25, 0.3) is 0 Å². The number of hydrogen-bond donors (Lipinski definition) is 2. The summed E-state index contributed by atoms with van der Waals surface area (Å²) in [6.07, 6.45) is -3.51. The van der Waals surface area contributed by atoms with E-state index in [1.165, 1.54) is 0 Å². The van der Waals surface area contributed by atoms with Crippen LogP contribution in [-0.4, -0.2) is 26.2 Å². The van der Waals surface area contributed by atoms with Crippen molar-refractivity contribution in [1.82, 2.24) is 5.32 Å². The molecular weight excluding hydrogens is 255 g/mol. The number of likely N-dealkylation sites (N-methyl/N-ethyl adjacent to an activating group) is 1. The highest BCUT2D eigenvalue weighted by molar-refractivity contribution is 5.71. The first-order valence-corrected chi connectivity index (χ1v) is 6.33. The number of nitrogens with zero attached hydrogens (tertiary/aromatic N) is 1. The monoisotopic (exact) mass is 271 g/mol. The third kappa shape index (κ3) is 1.85. The number of nitrogens with one attached hydrogen (secondary N) is 1. The number of halogens is 3. The number of alkyl halides is 3. The van der Waals surface area contributed by atoms with E-state index < -0.39 is 11.7 Å². The van der Waals surface area contributed by atoms with Crippen LogP contribution in [0.2, 0.25) is 0 Å². The molecule has 0 radical (unpaired) electrons. The van der Waals surface area contributed by atoms with E-state index >= 15 is 0 Å². The third-order valence-corrected chi connectivity index (χ3v) is 4.16.